The molecule has 3 aromatic rings. The summed E-state index contributed by atoms with van der Waals surface area (Å²) in [4.78, 5) is 12.0. The molecule has 11 heteroatoms. The van der Waals surface area contributed by atoms with E-state index in [1.807, 2.05) is 0 Å². The minimum absolute atomic E-state index is 0.0294. The highest BCUT2D eigenvalue weighted by molar-refractivity contribution is 5.93. The number of aromatic nitrogens is 5. The van der Waals surface area contributed by atoms with Crippen LogP contribution >= 0.6 is 0 Å². The van der Waals surface area contributed by atoms with Gasteiger partial charge in [-0.2, -0.15) is 18.3 Å². The van der Waals surface area contributed by atoms with E-state index in [0.717, 1.165) is 18.1 Å². The van der Waals surface area contributed by atoms with E-state index >= 15 is 0 Å². The Balaban J connectivity index is 1.58. The molecular weight excluding hydrogens is 365 g/mol. The highest BCUT2D eigenvalue weighted by Crippen LogP contribution is 2.17. The zero-order valence-electron chi connectivity index (χ0n) is 14.1. The van der Waals surface area contributed by atoms with E-state index in [1.54, 1.807) is 37.6 Å². The number of ether oxygens (including phenoxy) is 1. The Morgan fingerprint density at radius 2 is 1.96 bits per heavy atom. The Morgan fingerprint density at radius 3 is 2.63 bits per heavy atom. The molecule has 142 valence electrons. The number of rotatable bonds is 6. The van der Waals surface area contributed by atoms with Gasteiger partial charge >= 0.3 is 6.18 Å². The normalized spacial score (nSPS) is 11.4. The highest BCUT2D eigenvalue weighted by atomic mass is 19.4. The maximum Gasteiger partial charge on any atom is 0.408 e. The average molecular weight is 380 g/mol. The zero-order chi connectivity index (χ0) is 19.4. The molecule has 8 nitrogen and oxygen atoms in total. The Hall–Kier alpha value is -3.37. The van der Waals surface area contributed by atoms with Gasteiger partial charge in [0, 0.05) is 6.20 Å². The standard InChI is InChI=1S/C16H15F3N6O2/c1-27-14-4-2-13(3-5-14)25-9-12(22-23-25)7-20-15(26)11-6-21-24(8-11)10-16(17,18)19/h2-6,8-9H,7,10H2,1H3,(H,20,26). The lowest BCUT2D eigenvalue weighted by molar-refractivity contribution is -0.142. The van der Waals surface area contributed by atoms with Crippen molar-refractivity contribution in [3.63, 3.8) is 0 Å². The van der Waals surface area contributed by atoms with Crippen LogP contribution in [0.1, 0.15) is 16.1 Å². The van der Waals surface area contributed by atoms with Crippen molar-refractivity contribution >= 4 is 5.91 Å². The van der Waals surface area contributed by atoms with Crippen LogP contribution in [0.25, 0.3) is 5.69 Å². The van der Waals surface area contributed by atoms with Gasteiger partial charge in [-0.05, 0) is 24.3 Å². The van der Waals surface area contributed by atoms with Gasteiger partial charge in [-0.1, -0.05) is 5.21 Å². The fraction of sp³-hybridized carbons (Fsp3) is 0.250. The van der Waals surface area contributed by atoms with Crippen LogP contribution < -0.4 is 10.1 Å². The predicted octanol–water partition coefficient (Wildman–Crippen LogP) is 1.96. The van der Waals surface area contributed by atoms with Crippen LogP contribution in [-0.2, 0) is 13.1 Å². The van der Waals surface area contributed by atoms with Crippen molar-refractivity contribution in [1.29, 1.82) is 0 Å². The Bertz CT molecular complexity index is 917. The van der Waals surface area contributed by atoms with E-state index in [0.29, 0.717) is 16.1 Å². The third-order valence-electron chi connectivity index (χ3n) is 3.54. The molecule has 0 spiro atoms. The minimum Gasteiger partial charge on any atom is -0.497 e. The molecule has 0 aliphatic heterocycles. The van der Waals surface area contributed by atoms with Gasteiger partial charge < -0.3 is 10.1 Å². The second kappa shape index (κ2) is 7.48. The number of carbonyl (C=O) groups is 1. The number of nitrogens with zero attached hydrogens (tertiary/aromatic N) is 5. The van der Waals surface area contributed by atoms with Crippen LogP contribution in [-0.4, -0.2) is 44.0 Å². The Labute approximate surface area is 151 Å². The molecule has 3 rings (SSSR count). The monoisotopic (exact) mass is 380 g/mol. The van der Waals surface area contributed by atoms with E-state index in [2.05, 4.69) is 20.7 Å². The summed E-state index contributed by atoms with van der Waals surface area (Å²) in [6.45, 7) is -1.18. The summed E-state index contributed by atoms with van der Waals surface area (Å²) in [5, 5.41) is 14.0. The molecule has 0 aliphatic carbocycles. The molecule has 0 aliphatic rings. The van der Waals surface area contributed by atoms with Gasteiger partial charge in [-0.25, -0.2) is 4.68 Å². The van der Waals surface area contributed by atoms with Crippen molar-refractivity contribution in [3.8, 4) is 11.4 Å². The summed E-state index contributed by atoms with van der Waals surface area (Å²) in [7, 11) is 1.57. The molecule has 1 amide bonds. The van der Waals surface area contributed by atoms with Crippen LogP contribution in [0.15, 0.2) is 42.9 Å². The lowest BCUT2D eigenvalue weighted by Gasteiger charge is -2.05. The van der Waals surface area contributed by atoms with Gasteiger partial charge in [-0.15, -0.1) is 5.10 Å². The molecule has 2 heterocycles. The maximum atomic E-state index is 12.3. The van der Waals surface area contributed by atoms with Gasteiger partial charge in [0.2, 0.25) is 0 Å². The van der Waals surface area contributed by atoms with Crippen molar-refractivity contribution in [2.24, 2.45) is 0 Å². The van der Waals surface area contributed by atoms with E-state index < -0.39 is 18.6 Å². The van der Waals surface area contributed by atoms with Gasteiger partial charge in [0.1, 0.15) is 18.0 Å². The summed E-state index contributed by atoms with van der Waals surface area (Å²) in [5.41, 5.74) is 1.28. The first-order valence-electron chi connectivity index (χ1n) is 7.77. The first kappa shape index (κ1) is 18.4. The second-order valence-electron chi connectivity index (χ2n) is 5.58. The molecule has 0 fully saturated rings. The number of benzene rings is 1. The van der Waals surface area contributed by atoms with Crippen molar-refractivity contribution in [3.05, 3.63) is 54.1 Å². The average Bonchev–Trinajstić information content (AvgIpc) is 3.28. The maximum absolute atomic E-state index is 12.3. The third kappa shape index (κ3) is 4.84. The van der Waals surface area contributed by atoms with E-state index in [4.69, 9.17) is 4.74 Å². The molecule has 2 aromatic heterocycles. The lowest BCUT2D eigenvalue weighted by Crippen LogP contribution is -2.23. The lowest BCUT2D eigenvalue weighted by atomic mass is 10.3. The third-order valence-corrected chi connectivity index (χ3v) is 3.54. The van der Waals surface area contributed by atoms with Crippen molar-refractivity contribution < 1.29 is 22.7 Å². The van der Waals surface area contributed by atoms with Gasteiger partial charge in [0.25, 0.3) is 5.91 Å². The molecule has 0 saturated heterocycles. The molecule has 0 bridgehead atoms. The zero-order valence-corrected chi connectivity index (χ0v) is 14.1. The fourth-order valence-electron chi connectivity index (χ4n) is 2.26. The number of alkyl halides is 3. The van der Waals surface area contributed by atoms with Crippen LogP contribution in [0.4, 0.5) is 13.2 Å². The SMILES string of the molecule is COc1ccc(-n2cc(CNC(=O)c3cnn(CC(F)(F)F)c3)nn2)cc1. The van der Waals surface area contributed by atoms with E-state index in [9.17, 15) is 18.0 Å². The summed E-state index contributed by atoms with van der Waals surface area (Å²) in [6, 6.07) is 7.14. The van der Waals surface area contributed by atoms with Crippen LogP contribution in [0, 0.1) is 0 Å². The van der Waals surface area contributed by atoms with Gasteiger partial charge in [-0.3, -0.25) is 9.48 Å². The molecule has 1 N–H and O–H groups in total. The van der Waals surface area contributed by atoms with E-state index in [-0.39, 0.29) is 12.1 Å². The molecule has 27 heavy (non-hydrogen) atoms. The number of methoxy groups -OCH3 is 1. The molecular formula is C16H15F3N6O2. The first-order chi connectivity index (χ1) is 12.8. The molecule has 0 atom stereocenters. The predicted molar refractivity (Wildman–Crippen MR) is 87.4 cm³/mol. The number of carbonyl (C=O) groups excluding carboxylic acids is 1. The Kier molecular flexibility index (Phi) is 5.10. The first-order valence-corrected chi connectivity index (χ1v) is 7.77. The van der Waals surface area contributed by atoms with Gasteiger partial charge in [0.15, 0.2) is 0 Å². The Morgan fingerprint density at radius 1 is 1.22 bits per heavy atom. The number of amides is 1. The molecule has 0 saturated carbocycles. The molecule has 0 radical (unpaired) electrons. The van der Waals surface area contributed by atoms with E-state index in [1.165, 1.54) is 4.68 Å². The topological polar surface area (TPSA) is 86.9 Å². The summed E-state index contributed by atoms with van der Waals surface area (Å²) < 4.78 is 44.2. The summed E-state index contributed by atoms with van der Waals surface area (Å²) >= 11 is 0. The van der Waals surface area contributed by atoms with Crippen LogP contribution in [0.5, 0.6) is 5.75 Å². The summed E-state index contributed by atoms with van der Waals surface area (Å²) in [5.74, 6) is 0.153. The largest absolute Gasteiger partial charge is 0.497 e. The fourth-order valence-corrected chi connectivity index (χ4v) is 2.26. The number of nitrogens with one attached hydrogen (secondary N) is 1. The molecule has 1 aromatic carbocycles. The number of hydrogen-bond donors (Lipinski definition) is 1. The van der Waals surface area contributed by atoms with Crippen molar-refractivity contribution in [1.82, 2.24) is 30.1 Å². The smallest absolute Gasteiger partial charge is 0.408 e. The minimum atomic E-state index is -4.40. The number of hydrogen-bond acceptors (Lipinski definition) is 5. The molecule has 0 unspecified atom stereocenters. The van der Waals surface area contributed by atoms with Gasteiger partial charge in [0.05, 0.1) is 37.3 Å². The van der Waals surface area contributed by atoms with Crippen LogP contribution in [0.3, 0.4) is 0 Å². The van der Waals surface area contributed by atoms with Crippen LogP contribution in [0.2, 0.25) is 0 Å². The highest BCUT2D eigenvalue weighted by Gasteiger charge is 2.28. The second-order valence-corrected chi connectivity index (χ2v) is 5.58. The number of halogens is 3. The summed E-state index contributed by atoms with van der Waals surface area (Å²) in [6.07, 6.45) is -0.652. The van der Waals surface area contributed by atoms with Crippen molar-refractivity contribution in [2.45, 2.75) is 19.3 Å². The van der Waals surface area contributed by atoms with Crippen molar-refractivity contribution in [2.75, 3.05) is 7.11 Å². The quantitative estimate of drug-likeness (QED) is 0.707.